The summed E-state index contributed by atoms with van der Waals surface area (Å²) in [4.78, 5) is 17.8. The van der Waals surface area contributed by atoms with Crippen molar-refractivity contribution in [2.24, 2.45) is 5.92 Å². The van der Waals surface area contributed by atoms with Gasteiger partial charge in [0.2, 0.25) is 0 Å². The topological polar surface area (TPSA) is 54.0 Å². The molecule has 6 heteroatoms. The van der Waals surface area contributed by atoms with Crippen LogP contribution in [0.15, 0.2) is 29.6 Å². The first-order valence-electron chi connectivity index (χ1n) is 6.71. The van der Waals surface area contributed by atoms with Crippen LogP contribution in [0.2, 0.25) is 5.02 Å². The lowest BCUT2D eigenvalue weighted by molar-refractivity contribution is 0.0922. The van der Waals surface area contributed by atoms with E-state index in [1.54, 1.807) is 30.5 Å². The first-order valence-corrected chi connectivity index (χ1v) is 7.97. The van der Waals surface area contributed by atoms with Crippen LogP contribution in [0.25, 0.3) is 0 Å². The maximum atomic E-state index is 12.5. The normalized spacial score (nSPS) is 12.2. The molecule has 1 atom stereocenters. The molecule has 0 aliphatic heterocycles. The molecular formula is C15H18ClN3OS. The van der Waals surface area contributed by atoms with Crippen molar-refractivity contribution in [3.63, 3.8) is 0 Å². The number of hydrogen-bond acceptors (Lipinski definition) is 4. The molecule has 1 unspecified atom stereocenters. The number of pyridine rings is 1. The quantitative estimate of drug-likeness (QED) is 0.875. The van der Waals surface area contributed by atoms with E-state index < -0.39 is 0 Å². The minimum Gasteiger partial charge on any atom is -0.373 e. The molecule has 0 aliphatic carbocycles. The molecule has 0 radical (unpaired) electrons. The first-order chi connectivity index (χ1) is 10.0. The Bertz CT molecular complexity index is 613. The van der Waals surface area contributed by atoms with Crippen molar-refractivity contribution in [2.75, 3.05) is 12.4 Å². The Labute approximate surface area is 133 Å². The average Bonchev–Trinajstić information content (AvgIpc) is 2.98. The summed E-state index contributed by atoms with van der Waals surface area (Å²) in [5, 5.41) is 8.28. The molecule has 112 valence electrons. The maximum Gasteiger partial charge on any atom is 0.272 e. The lowest BCUT2D eigenvalue weighted by atomic mass is 10.0. The summed E-state index contributed by atoms with van der Waals surface area (Å²) >= 11 is 7.72. The zero-order chi connectivity index (χ0) is 15.4. The highest BCUT2D eigenvalue weighted by molar-refractivity contribution is 7.10. The van der Waals surface area contributed by atoms with Crippen LogP contribution in [0.5, 0.6) is 0 Å². The third kappa shape index (κ3) is 3.74. The fraction of sp³-hybridized carbons (Fsp3) is 0.333. The van der Waals surface area contributed by atoms with Gasteiger partial charge in [0.05, 0.1) is 11.1 Å². The molecule has 0 spiro atoms. The molecule has 2 heterocycles. The van der Waals surface area contributed by atoms with E-state index in [4.69, 9.17) is 11.6 Å². The number of nitrogens with zero attached hydrogens (tertiary/aromatic N) is 1. The minimum atomic E-state index is -0.260. The second kappa shape index (κ2) is 6.91. The molecule has 0 saturated heterocycles. The Morgan fingerprint density at radius 2 is 2.10 bits per heavy atom. The Morgan fingerprint density at radius 3 is 2.67 bits per heavy atom. The van der Waals surface area contributed by atoms with Gasteiger partial charge in [0.25, 0.3) is 5.91 Å². The highest BCUT2D eigenvalue weighted by Crippen LogP contribution is 2.26. The summed E-state index contributed by atoms with van der Waals surface area (Å²) in [6.07, 6.45) is 0. The smallest absolute Gasteiger partial charge is 0.272 e. The molecule has 0 fully saturated rings. The summed E-state index contributed by atoms with van der Waals surface area (Å²) < 4.78 is 0. The first kappa shape index (κ1) is 15.8. The second-order valence-corrected chi connectivity index (χ2v) is 6.37. The summed E-state index contributed by atoms with van der Waals surface area (Å²) in [6.45, 7) is 4.15. The van der Waals surface area contributed by atoms with E-state index in [0.717, 1.165) is 4.88 Å². The van der Waals surface area contributed by atoms with Crippen molar-refractivity contribution in [3.05, 3.63) is 45.2 Å². The highest BCUT2D eigenvalue weighted by Gasteiger charge is 2.22. The molecule has 2 aromatic heterocycles. The molecule has 21 heavy (non-hydrogen) atoms. The standard InChI is InChI=1S/C15H18ClN3OS/c1-9(2)13(11-5-4-8-21-11)19-15(20)14-10(16)6-7-12(17-3)18-14/h4-9,13H,1-3H3,(H,17,18)(H,19,20). The number of nitrogens with one attached hydrogen (secondary N) is 2. The van der Waals surface area contributed by atoms with Gasteiger partial charge in [0, 0.05) is 11.9 Å². The molecule has 4 nitrogen and oxygen atoms in total. The molecule has 2 rings (SSSR count). The molecule has 0 aromatic carbocycles. The number of thiophene rings is 1. The fourth-order valence-electron chi connectivity index (χ4n) is 1.98. The number of anilines is 1. The van der Waals surface area contributed by atoms with Crippen LogP contribution in [-0.4, -0.2) is 17.9 Å². The lowest BCUT2D eigenvalue weighted by Gasteiger charge is -2.21. The molecule has 2 aromatic rings. The van der Waals surface area contributed by atoms with Crippen LogP contribution in [-0.2, 0) is 0 Å². The highest BCUT2D eigenvalue weighted by atomic mass is 35.5. The van der Waals surface area contributed by atoms with Crippen LogP contribution in [0.3, 0.4) is 0 Å². The van der Waals surface area contributed by atoms with Crippen molar-refractivity contribution in [3.8, 4) is 0 Å². The maximum absolute atomic E-state index is 12.5. The van der Waals surface area contributed by atoms with Gasteiger partial charge >= 0.3 is 0 Å². The number of hydrogen-bond donors (Lipinski definition) is 2. The summed E-state index contributed by atoms with van der Waals surface area (Å²) in [5.41, 5.74) is 0.241. The van der Waals surface area contributed by atoms with Crippen LogP contribution in [0.4, 0.5) is 5.82 Å². The molecule has 1 amide bonds. The largest absolute Gasteiger partial charge is 0.373 e. The Morgan fingerprint density at radius 1 is 1.33 bits per heavy atom. The zero-order valence-electron chi connectivity index (χ0n) is 12.2. The van der Waals surface area contributed by atoms with E-state index in [9.17, 15) is 4.79 Å². The molecule has 0 bridgehead atoms. The third-order valence-corrected chi connectivity index (χ3v) is 4.38. The summed E-state index contributed by atoms with van der Waals surface area (Å²) in [5.74, 6) is 0.629. The predicted molar refractivity (Wildman–Crippen MR) is 88.2 cm³/mol. The number of amides is 1. The van der Waals surface area contributed by atoms with Gasteiger partial charge in [0.15, 0.2) is 0 Å². The summed E-state index contributed by atoms with van der Waals surface area (Å²) in [6, 6.07) is 7.36. The number of rotatable bonds is 5. The van der Waals surface area contributed by atoms with Gasteiger partial charge < -0.3 is 10.6 Å². The van der Waals surface area contributed by atoms with E-state index in [1.165, 1.54) is 0 Å². The monoisotopic (exact) mass is 323 g/mol. The van der Waals surface area contributed by atoms with Gasteiger partial charge in [-0.3, -0.25) is 4.79 Å². The van der Waals surface area contributed by atoms with E-state index >= 15 is 0 Å². The van der Waals surface area contributed by atoms with Gasteiger partial charge in [-0.2, -0.15) is 0 Å². The summed E-state index contributed by atoms with van der Waals surface area (Å²) in [7, 11) is 1.75. The second-order valence-electron chi connectivity index (χ2n) is 4.99. The Hall–Kier alpha value is -1.59. The number of carbonyl (C=O) groups is 1. The average molecular weight is 324 g/mol. The van der Waals surface area contributed by atoms with Crippen LogP contribution >= 0.6 is 22.9 Å². The SMILES string of the molecule is CNc1ccc(Cl)c(C(=O)NC(c2cccs2)C(C)C)n1. The molecule has 0 saturated carbocycles. The van der Waals surface area contributed by atoms with Crippen molar-refractivity contribution < 1.29 is 4.79 Å². The van der Waals surface area contributed by atoms with Gasteiger partial charge in [0.1, 0.15) is 11.5 Å². The van der Waals surface area contributed by atoms with Gasteiger partial charge in [-0.1, -0.05) is 31.5 Å². The third-order valence-electron chi connectivity index (χ3n) is 3.12. The van der Waals surface area contributed by atoms with E-state index in [0.29, 0.717) is 10.8 Å². The van der Waals surface area contributed by atoms with E-state index in [-0.39, 0.29) is 23.6 Å². The minimum absolute atomic E-state index is 0.0476. The number of carbonyl (C=O) groups excluding carboxylic acids is 1. The fourth-order valence-corrected chi connectivity index (χ4v) is 3.12. The van der Waals surface area contributed by atoms with Gasteiger partial charge in [-0.05, 0) is 29.5 Å². The Balaban J connectivity index is 2.23. The van der Waals surface area contributed by atoms with Crippen LogP contribution in [0.1, 0.15) is 35.3 Å². The molecule has 0 aliphatic rings. The van der Waals surface area contributed by atoms with E-state index in [1.807, 2.05) is 17.5 Å². The molecular weight excluding hydrogens is 306 g/mol. The predicted octanol–water partition coefficient (Wildman–Crippen LogP) is 3.97. The molecule has 2 N–H and O–H groups in total. The van der Waals surface area contributed by atoms with Crippen LogP contribution < -0.4 is 10.6 Å². The van der Waals surface area contributed by atoms with Crippen molar-refractivity contribution in [2.45, 2.75) is 19.9 Å². The zero-order valence-corrected chi connectivity index (χ0v) is 13.8. The van der Waals surface area contributed by atoms with Crippen LogP contribution in [0, 0.1) is 5.92 Å². The number of halogens is 1. The lowest BCUT2D eigenvalue weighted by Crippen LogP contribution is -2.32. The van der Waals surface area contributed by atoms with Crippen molar-refractivity contribution >= 4 is 34.7 Å². The van der Waals surface area contributed by atoms with E-state index in [2.05, 4.69) is 29.5 Å². The van der Waals surface area contributed by atoms with Crippen molar-refractivity contribution in [1.82, 2.24) is 10.3 Å². The number of aromatic nitrogens is 1. The van der Waals surface area contributed by atoms with Crippen molar-refractivity contribution in [1.29, 1.82) is 0 Å². The van der Waals surface area contributed by atoms with Gasteiger partial charge in [-0.25, -0.2) is 4.98 Å². The van der Waals surface area contributed by atoms with Gasteiger partial charge in [-0.15, -0.1) is 11.3 Å². The Kier molecular flexibility index (Phi) is 5.20.